The number of likely N-dealkylation sites (N-methyl/N-ethyl adjacent to an activating group) is 1. The molecule has 0 bridgehead atoms. The van der Waals surface area contributed by atoms with Crippen molar-refractivity contribution in [1.29, 1.82) is 0 Å². The molecule has 0 atom stereocenters. The maximum Gasteiger partial charge on any atom is 0.255 e. The lowest BCUT2D eigenvalue weighted by atomic mass is 10.2. The van der Waals surface area contributed by atoms with Crippen LogP contribution in [0.4, 0.5) is 0 Å². The molecule has 0 unspecified atom stereocenters. The fourth-order valence-electron chi connectivity index (χ4n) is 2.40. The van der Waals surface area contributed by atoms with Crippen LogP contribution in [0.2, 0.25) is 0 Å². The van der Waals surface area contributed by atoms with Gasteiger partial charge in [0.2, 0.25) is 0 Å². The van der Waals surface area contributed by atoms with E-state index in [1.54, 1.807) is 23.4 Å². The smallest absolute Gasteiger partial charge is 0.255 e. The quantitative estimate of drug-likeness (QED) is 0.822. The van der Waals surface area contributed by atoms with E-state index >= 15 is 0 Å². The van der Waals surface area contributed by atoms with E-state index in [0.29, 0.717) is 12.1 Å². The highest BCUT2D eigenvalue weighted by molar-refractivity contribution is 5.94. The number of pyridine rings is 1. The Morgan fingerprint density at radius 3 is 2.90 bits per heavy atom. The zero-order valence-corrected chi connectivity index (χ0v) is 12.5. The maximum absolute atomic E-state index is 12.4. The van der Waals surface area contributed by atoms with Gasteiger partial charge in [-0.2, -0.15) is 0 Å². The molecule has 1 aliphatic rings. The molecule has 0 aliphatic carbocycles. The van der Waals surface area contributed by atoms with Crippen LogP contribution in [0.3, 0.4) is 0 Å². The summed E-state index contributed by atoms with van der Waals surface area (Å²) in [6.45, 7) is 4.26. The third kappa shape index (κ3) is 4.55. The van der Waals surface area contributed by atoms with Gasteiger partial charge in [0.15, 0.2) is 0 Å². The Bertz CT molecular complexity index is 541. The van der Waals surface area contributed by atoms with Gasteiger partial charge in [-0.05, 0) is 32.0 Å². The average molecular weight is 286 g/mol. The lowest BCUT2D eigenvalue weighted by molar-refractivity contribution is 0.0782. The molecule has 1 aliphatic heterocycles. The van der Waals surface area contributed by atoms with Crippen LogP contribution in [0, 0.1) is 11.8 Å². The van der Waals surface area contributed by atoms with Gasteiger partial charge in [0, 0.05) is 38.1 Å². The molecule has 2 N–H and O–H groups in total. The van der Waals surface area contributed by atoms with Crippen molar-refractivity contribution in [1.82, 2.24) is 14.8 Å². The second-order valence-corrected chi connectivity index (χ2v) is 5.24. The van der Waals surface area contributed by atoms with Gasteiger partial charge >= 0.3 is 0 Å². The summed E-state index contributed by atoms with van der Waals surface area (Å²) in [5.41, 5.74) is 6.64. The lowest BCUT2D eigenvalue weighted by Gasteiger charge is -2.21. The standard InChI is InChI=1S/C16H22N4O/c1-19(9-10-20-7-2-3-8-20)16(21)15-11-14(5-4-6-17)12-18-13-15/h11-13H,2-3,6-10,17H2,1H3. The van der Waals surface area contributed by atoms with Gasteiger partial charge in [-0.15, -0.1) is 0 Å². The molecule has 1 aromatic heterocycles. The molecule has 0 radical (unpaired) electrons. The summed E-state index contributed by atoms with van der Waals surface area (Å²) < 4.78 is 0. The number of carbonyl (C=O) groups is 1. The summed E-state index contributed by atoms with van der Waals surface area (Å²) in [5, 5.41) is 0. The van der Waals surface area contributed by atoms with E-state index in [0.717, 1.165) is 31.7 Å². The first-order chi connectivity index (χ1) is 10.2. The molecule has 2 rings (SSSR count). The summed E-state index contributed by atoms with van der Waals surface area (Å²) in [4.78, 5) is 20.6. The van der Waals surface area contributed by atoms with E-state index in [4.69, 9.17) is 5.73 Å². The Morgan fingerprint density at radius 2 is 2.19 bits per heavy atom. The fraction of sp³-hybridized carbons (Fsp3) is 0.500. The number of aromatic nitrogens is 1. The van der Waals surface area contributed by atoms with Crippen LogP contribution < -0.4 is 5.73 Å². The monoisotopic (exact) mass is 286 g/mol. The third-order valence-corrected chi connectivity index (χ3v) is 3.62. The first-order valence-electron chi connectivity index (χ1n) is 7.32. The van der Waals surface area contributed by atoms with E-state index in [-0.39, 0.29) is 5.91 Å². The minimum atomic E-state index is -0.0157. The fourth-order valence-corrected chi connectivity index (χ4v) is 2.40. The molecule has 1 amide bonds. The molecule has 21 heavy (non-hydrogen) atoms. The van der Waals surface area contributed by atoms with Crippen molar-refractivity contribution in [3.05, 3.63) is 29.6 Å². The van der Waals surface area contributed by atoms with E-state index in [1.165, 1.54) is 12.8 Å². The Hall–Kier alpha value is -1.90. The molecule has 0 saturated carbocycles. The highest BCUT2D eigenvalue weighted by Crippen LogP contribution is 2.08. The summed E-state index contributed by atoms with van der Waals surface area (Å²) in [6, 6.07) is 1.77. The molecular formula is C16H22N4O. The molecule has 1 fully saturated rings. The summed E-state index contributed by atoms with van der Waals surface area (Å²) in [5.74, 6) is 5.65. The highest BCUT2D eigenvalue weighted by atomic mass is 16.2. The largest absolute Gasteiger partial charge is 0.340 e. The average Bonchev–Trinajstić information content (AvgIpc) is 3.03. The number of hydrogen-bond donors (Lipinski definition) is 1. The zero-order valence-electron chi connectivity index (χ0n) is 12.5. The Balaban J connectivity index is 1.94. The molecule has 0 aromatic carbocycles. The Morgan fingerprint density at radius 1 is 1.43 bits per heavy atom. The van der Waals surface area contributed by atoms with Gasteiger partial charge in [-0.25, -0.2) is 0 Å². The predicted molar refractivity (Wildman–Crippen MR) is 82.8 cm³/mol. The van der Waals surface area contributed by atoms with Crippen molar-refractivity contribution in [2.45, 2.75) is 12.8 Å². The Labute approximate surface area is 126 Å². The number of likely N-dealkylation sites (tertiary alicyclic amines) is 1. The number of nitrogens with zero attached hydrogens (tertiary/aromatic N) is 3. The van der Waals surface area contributed by atoms with E-state index in [2.05, 4.69) is 21.7 Å². The van der Waals surface area contributed by atoms with Crippen LogP contribution >= 0.6 is 0 Å². The summed E-state index contributed by atoms with van der Waals surface area (Å²) in [7, 11) is 1.83. The summed E-state index contributed by atoms with van der Waals surface area (Å²) in [6.07, 6.45) is 5.76. The molecule has 1 aromatic rings. The minimum Gasteiger partial charge on any atom is -0.340 e. The number of rotatable bonds is 4. The van der Waals surface area contributed by atoms with Crippen LogP contribution in [-0.4, -0.2) is 60.5 Å². The molecule has 2 heterocycles. The summed E-state index contributed by atoms with van der Waals surface area (Å²) >= 11 is 0. The topological polar surface area (TPSA) is 62.5 Å². The van der Waals surface area contributed by atoms with Crippen molar-refractivity contribution in [2.75, 3.05) is 39.8 Å². The zero-order chi connectivity index (χ0) is 15.1. The van der Waals surface area contributed by atoms with Crippen LogP contribution in [0.25, 0.3) is 0 Å². The third-order valence-electron chi connectivity index (χ3n) is 3.62. The van der Waals surface area contributed by atoms with Gasteiger partial charge in [0.1, 0.15) is 0 Å². The lowest BCUT2D eigenvalue weighted by Crippen LogP contribution is -2.35. The van der Waals surface area contributed by atoms with Crippen molar-refractivity contribution < 1.29 is 4.79 Å². The van der Waals surface area contributed by atoms with Gasteiger partial charge in [-0.1, -0.05) is 11.8 Å². The van der Waals surface area contributed by atoms with E-state index < -0.39 is 0 Å². The molecular weight excluding hydrogens is 264 g/mol. The van der Waals surface area contributed by atoms with Gasteiger partial charge in [0.05, 0.1) is 12.1 Å². The molecule has 112 valence electrons. The van der Waals surface area contributed by atoms with Crippen LogP contribution in [0.15, 0.2) is 18.5 Å². The molecule has 5 nitrogen and oxygen atoms in total. The molecule has 1 saturated heterocycles. The second kappa shape index (κ2) is 7.77. The number of carbonyl (C=O) groups excluding carboxylic acids is 1. The highest BCUT2D eigenvalue weighted by Gasteiger charge is 2.15. The predicted octanol–water partition coefficient (Wildman–Crippen LogP) is 0.560. The maximum atomic E-state index is 12.4. The molecule has 5 heteroatoms. The van der Waals surface area contributed by atoms with Gasteiger partial charge < -0.3 is 15.5 Å². The van der Waals surface area contributed by atoms with E-state index in [1.807, 2.05) is 7.05 Å². The number of hydrogen-bond acceptors (Lipinski definition) is 4. The van der Waals surface area contributed by atoms with Crippen molar-refractivity contribution in [3.63, 3.8) is 0 Å². The van der Waals surface area contributed by atoms with Crippen LogP contribution in [0.1, 0.15) is 28.8 Å². The van der Waals surface area contributed by atoms with Crippen LogP contribution in [-0.2, 0) is 0 Å². The Kier molecular flexibility index (Phi) is 5.73. The molecule has 0 spiro atoms. The SMILES string of the molecule is CN(CCN1CCCC1)C(=O)c1cncc(C#CCN)c1. The van der Waals surface area contributed by atoms with E-state index in [9.17, 15) is 4.79 Å². The first-order valence-corrected chi connectivity index (χ1v) is 7.32. The van der Waals surface area contributed by atoms with Gasteiger partial charge in [-0.3, -0.25) is 9.78 Å². The van der Waals surface area contributed by atoms with Crippen molar-refractivity contribution in [3.8, 4) is 11.8 Å². The minimum absolute atomic E-state index is 0.0157. The van der Waals surface area contributed by atoms with Crippen LogP contribution in [0.5, 0.6) is 0 Å². The number of amides is 1. The normalized spacial score (nSPS) is 14.6. The van der Waals surface area contributed by atoms with Crippen molar-refractivity contribution >= 4 is 5.91 Å². The van der Waals surface area contributed by atoms with Gasteiger partial charge in [0.25, 0.3) is 5.91 Å². The second-order valence-electron chi connectivity index (χ2n) is 5.24. The number of nitrogens with two attached hydrogens (primary N) is 1. The van der Waals surface area contributed by atoms with Crippen molar-refractivity contribution in [2.24, 2.45) is 5.73 Å². The first kappa shape index (κ1) is 15.5.